The molecule has 1 aliphatic heterocycles. The molecule has 0 unspecified atom stereocenters. The Labute approximate surface area is 150 Å². The first-order chi connectivity index (χ1) is 11.7. The zero-order chi connectivity index (χ0) is 18.6. The molecule has 1 amide bonds. The van der Waals surface area contributed by atoms with Crippen molar-refractivity contribution in [3.05, 3.63) is 29.8 Å². The van der Waals surface area contributed by atoms with Crippen LogP contribution in [0.2, 0.25) is 0 Å². The van der Waals surface area contributed by atoms with Crippen LogP contribution in [0.5, 0.6) is 0 Å². The molecule has 1 aromatic carbocycles. The number of carbonyl (C=O) groups excluding carboxylic acids is 1. The second kappa shape index (κ2) is 8.30. The number of aryl methyl sites for hydroxylation is 1. The third kappa shape index (κ3) is 5.27. The van der Waals surface area contributed by atoms with Gasteiger partial charge in [-0.15, -0.1) is 0 Å². The first kappa shape index (κ1) is 19.9. The van der Waals surface area contributed by atoms with Crippen LogP contribution in [0.4, 0.5) is 5.69 Å². The van der Waals surface area contributed by atoms with Crippen molar-refractivity contribution in [2.45, 2.75) is 64.8 Å². The van der Waals surface area contributed by atoms with E-state index in [4.69, 9.17) is 4.74 Å². The van der Waals surface area contributed by atoms with E-state index in [2.05, 4.69) is 12.2 Å². The zero-order valence-corrected chi connectivity index (χ0v) is 15.7. The number of ether oxygens (including phenoxy) is 1. The smallest absolute Gasteiger partial charge is 0.221 e. The Kier molecular flexibility index (Phi) is 6.60. The van der Waals surface area contributed by atoms with Crippen molar-refractivity contribution < 1.29 is 19.7 Å². The highest BCUT2D eigenvalue weighted by atomic mass is 16.5. The molecule has 25 heavy (non-hydrogen) atoms. The van der Waals surface area contributed by atoms with E-state index in [-0.39, 0.29) is 36.6 Å². The fraction of sp³-hybridized carbons (Fsp3) is 0.650. The Morgan fingerprint density at radius 3 is 2.36 bits per heavy atom. The number of aliphatic hydroxyl groups is 2. The summed E-state index contributed by atoms with van der Waals surface area (Å²) in [6, 6.07) is 7.85. The Hall–Kier alpha value is -1.43. The monoisotopic (exact) mass is 349 g/mol. The minimum atomic E-state index is -0.825. The van der Waals surface area contributed by atoms with Gasteiger partial charge in [0.05, 0.1) is 17.8 Å². The number of aliphatic hydroxyl groups excluding tert-OH is 1. The van der Waals surface area contributed by atoms with Gasteiger partial charge in [-0.2, -0.15) is 0 Å². The van der Waals surface area contributed by atoms with Gasteiger partial charge in [0.2, 0.25) is 5.91 Å². The van der Waals surface area contributed by atoms with Crippen LogP contribution >= 0.6 is 0 Å². The Morgan fingerprint density at radius 1 is 1.20 bits per heavy atom. The molecule has 1 heterocycles. The molecule has 140 valence electrons. The fourth-order valence-electron chi connectivity index (χ4n) is 4.07. The second-order valence-corrected chi connectivity index (χ2v) is 7.68. The van der Waals surface area contributed by atoms with E-state index < -0.39 is 5.60 Å². The minimum Gasteiger partial charge on any atom is -0.396 e. The van der Waals surface area contributed by atoms with Crippen LogP contribution in [0.25, 0.3) is 0 Å². The summed E-state index contributed by atoms with van der Waals surface area (Å²) in [6.07, 6.45) is 2.27. The van der Waals surface area contributed by atoms with E-state index in [0.29, 0.717) is 6.42 Å². The molecule has 0 aliphatic carbocycles. The van der Waals surface area contributed by atoms with E-state index in [1.807, 2.05) is 38.1 Å². The summed E-state index contributed by atoms with van der Waals surface area (Å²) in [5.41, 5.74) is 1.16. The molecule has 0 saturated carbocycles. The molecule has 3 N–H and O–H groups in total. The molecule has 2 rings (SSSR count). The predicted octanol–water partition coefficient (Wildman–Crippen LogP) is 2.75. The van der Waals surface area contributed by atoms with Crippen LogP contribution in [-0.4, -0.2) is 40.5 Å². The van der Waals surface area contributed by atoms with Crippen molar-refractivity contribution in [2.24, 2.45) is 11.8 Å². The SMILES string of the molecule is CC(=O)Nc1ccc(CC[C@H]2O[C@@H](CCO)[C@H](C(C)(C)O)[C@H]2C)cc1. The van der Waals surface area contributed by atoms with Gasteiger partial charge in [-0.05, 0) is 56.7 Å². The third-order valence-corrected chi connectivity index (χ3v) is 5.12. The fourth-order valence-corrected chi connectivity index (χ4v) is 4.07. The molecular formula is C20H31NO4. The average molecular weight is 349 g/mol. The van der Waals surface area contributed by atoms with Gasteiger partial charge in [0.25, 0.3) is 0 Å². The summed E-state index contributed by atoms with van der Waals surface area (Å²) >= 11 is 0. The molecule has 5 heteroatoms. The summed E-state index contributed by atoms with van der Waals surface area (Å²) in [7, 11) is 0. The number of rotatable bonds is 7. The van der Waals surface area contributed by atoms with E-state index in [0.717, 1.165) is 18.5 Å². The number of carbonyl (C=O) groups is 1. The van der Waals surface area contributed by atoms with Gasteiger partial charge in [0, 0.05) is 25.1 Å². The first-order valence-electron chi connectivity index (χ1n) is 9.07. The van der Waals surface area contributed by atoms with E-state index in [1.54, 1.807) is 0 Å². The van der Waals surface area contributed by atoms with Crippen LogP contribution in [0.3, 0.4) is 0 Å². The maximum atomic E-state index is 11.1. The lowest BCUT2D eigenvalue weighted by Crippen LogP contribution is -2.40. The van der Waals surface area contributed by atoms with Gasteiger partial charge in [-0.25, -0.2) is 0 Å². The highest BCUT2D eigenvalue weighted by molar-refractivity contribution is 5.88. The van der Waals surface area contributed by atoms with Crippen LogP contribution in [0.1, 0.15) is 46.1 Å². The van der Waals surface area contributed by atoms with Crippen LogP contribution in [0.15, 0.2) is 24.3 Å². The molecule has 4 atom stereocenters. The maximum Gasteiger partial charge on any atom is 0.221 e. The number of amides is 1. The van der Waals surface area contributed by atoms with Gasteiger partial charge in [0.15, 0.2) is 0 Å². The Morgan fingerprint density at radius 2 is 1.84 bits per heavy atom. The van der Waals surface area contributed by atoms with Gasteiger partial charge in [-0.1, -0.05) is 19.1 Å². The number of benzene rings is 1. The van der Waals surface area contributed by atoms with E-state index in [9.17, 15) is 15.0 Å². The lowest BCUT2D eigenvalue weighted by atomic mass is 9.76. The minimum absolute atomic E-state index is 0.0202. The van der Waals surface area contributed by atoms with Crippen LogP contribution in [-0.2, 0) is 16.0 Å². The largest absolute Gasteiger partial charge is 0.396 e. The number of anilines is 1. The molecular weight excluding hydrogens is 318 g/mol. The summed E-state index contributed by atoms with van der Waals surface area (Å²) < 4.78 is 6.17. The van der Waals surface area contributed by atoms with Crippen molar-refractivity contribution in [3.63, 3.8) is 0 Å². The molecule has 0 radical (unpaired) electrons. The lowest BCUT2D eigenvalue weighted by Gasteiger charge is -2.32. The topological polar surface area (TPSA) is 78.8 Å². The second-order valence-electron chi connectivity index (χ2n) is 7.68. The van der Waals surface area contributed by atoms with Gasteiger partial charge < -0.3 is 20.3 Å². The molecule has 0 bridgehead atoms. The molecule has 0 spiro atoms. The first-order valence-corrected chi connectivity index (χ1v) is 9.07. The summed E-state index contributed by atoms with van der Waals surface area (Å²) in [4.78, 5) is 11.1. The number of hydrogen-bond donors (Lipinski definition) is 3. The predicted molar refractivity (Wildman–Crippen MR) is 98.4 cm³/mol. The molecule has 1 saturated heterocycles. The van der Waals surface area contributed by atoms with Gasteiger partial charge in [0.1, 0.15) is 0 Å². The van der Waals surface area contributed by atoms with Crippen LogP contribution in [0, 0.1) is 11.8 Å². The normalized spacial score (nSPS) is 26.6. The zero-order valence-electron chi connectivity index (χ0n) is 15.7. The summed E-state index contributed by atoms with van der Waals surface area (Å²) in [5, 5.41) is 22.5. The van der Waals surface area contributed by atoms with E-state index >= 15 is 0 Å². The maximum absolute atomic E-state index is 11.1. The molecule has 1 aromatic rings. The molecule has 1 aliphatic rings. The van der Waals surface area contributed by atoms with Crippen molar-refractivity contribution in [1.29, 1.82) is 0 Å². The molecule has 0 aromatic heterocycles. The Balaban J connectivity index is 1.97. The van der Waals surface area contributed by atoms with Crippen LogP contribution < -0.4 is 5.32 Å². The number of hydrogen-bond acceptors (Lipinski definition) is 4. The molecule has 5 nitrogen and oxygen atoms in total. The standard InChI is InChI=1S/C20H31NO4/c1-13-17(25-18(11-12-22)19(13)20(3,4)24)10-7-15-5-8-16(9-6-15)21-14(2)23/h5-6,8-9,13,17-19,22,24H,7,10-12H2,1-4H3,(H,21,23)/t13-,17+,18-,19+/m0/s1. The highest BCUT2D eigenvalue weighted by Gasteiger charge is 2.47. The van der Waals surface area contributed by atoms with Crippen molar-refractivity contribution in [3.8, 4) is 0 Å². The highest BCUT2D eigenvalue weighted by Crippen LogP contribution is 2.42. The quantitative estimate of drug-likeness (QED) is 0.707. The Bertz CT molecular complexity index is 564. The third-order valence-electron chi connectivity index (χ3n) is 5.12. The lowest BCUT2D eigenvalue weighted by molar-refractivity contribution is -0.114. The molecule has 1 fully saturated rings. The van der Waals surface area contributed by atoms with E-state index in [1.165, 1.54) is 12.5 Å². The average Bonchev–Trinajstić information content (AvgIpc) is 2.82. The van der Waals surface area contributed by atoms with Gasteiger partial charge in [-0.3, -0.25) is 4.79 Å². The summed E-state index contributed by atoms with van der Waals surface area (Å²) in [6.45, 7) is 7.34. The van der Waals surface area contributed by atoms with Crippen molar-refractivity contribution in [1.82, 2.24) is 0 Å². The van der Waals surface area contributed by atoms with Gasteiger partial charge >= 0.3 is 0 Å². The van der Waals surface area contributed by atoms with Crippen molar-refractivity contribution in [2.75, 3.05) is 11.9 Å². The number of nitrogens with one attached hydrogen (secondary N) is 1. The summed E-state index contributed by atoms with van der Waals surface area (Å²) in [5.74, 6) is 0.176. The van der Waals surface area contributed by atoms with Crippen molar-refractivity contribution >= 4 is 11.6 Å².